The van der Waals surface area contributed by atoms with Crippen molar-refractivity contribution in [1.29, 1.82) is 0 Å². The van der Waals surface area contributed by atoms with E-state index in [1.54, 1.807) is 6.33 Å². The zero-order valence-corrected chi connectivity index (χ0v) is 15.3. The van der Waals surface area contributed by atoms with E-state index in [9.17, 15) is 0 Å². The summed E-state index contributed by atoms with van der Waals surface area (Å²) in [5.74, 6) is 2.36. The Labute approximate surface area is 158 Å². The van der Waals surface area contributed by atoms with Crippen molar-refractivity contribution in [2.75, 3.05) is 23.8 Å². The standard InChI is InChI=1S/C20H21ClN4O/c1-2-26-18-8-6-17(7-9-18)25-20-13-19(23-14-24-20)22-11-10-15-4-3-5-16(21)12-15/h3-9,12-14H,2,10-11H2,1H3,(H2,22,23,24,25). The smallest absolute Gasteiger partial charge is 0.135 e. The first-order chi connectivity index (χ1) is 12.7. The van der Waals surface area contributed by atoms with Gasteiger partial charge in [0.05, 0.1) is 6.61 Å². The zero-order valence-electron chi connectivity index (χ0n) is 14.6. The highest BCUT2D eigenvalue weighted by molar-refractivity contribution is 6.30. The summed E-state index contributed by atoms with van der Waals surface area (Å²) in [4.78, 5) is 8.52. The molecule has 5 nitrogen and oxygen atoms in total. The van der Waals surface area contributed by atoms with Crippen LogP contribution in [0.2, 0.25) is 5.02 Å². The average Bonchev–Trinajstić information content (AvgIpc) is 2.64. The van der Waals surface area contributed by atoms with Gasteiger partial charge in [-0.1, -0.05) is 23.7 Å². The first-order valence-electron chi connectivity index (χ1n) is 8.53. The number of hydrogen-bond acceptors (Lipinski definition) is 5. The van der Waals surface area contributed by atoms with Crippen LogP contribution in [-0.2, 0) is 6.42 Å². The molecular formula is C20H21ClN4O. The molecule has 0 atom stereocenters. The van der Waals surface area contributed by atoms with E-state index in [4.69, 9.17) is 16.3 Å². The number of benzene rings is 2. The van der Waals surface area contributed by atoms with E-state index in [-0.39, 0.29) is 0 Å². The zero-order chi connectivity index (χ0) is 18.2. The van der Waals surface area contributed by atoms with Crippen LogP contribution in [0, 0.1) is 0 Å². The highest BCUT2D eigenvalue weighted by atomic mass is 35.5. The molecule has 0 bridgehead atoms. The van der Waals surface area contributed by atoms with Crippen LogP contribution < -0.4 is 15.4 Å². The first kappa shape index (κ1) is 18.0. The molecular weight excluding hydrogens is 348 g/mol. The summed E-state index contributed by atoms with van der Waals surface area (Å²) in [6.45, 7) is 3.39. The summed E-state index contributed by atoms with van der Waals surface area (Å²) in [5.41, 5.74) is 2.13. The van der Waals surface area contributed by atoms with Crippen molar-refractivity contribution in [3.8, 4) is 5.75 Å². The number of ether oxygens (including phenoxy) is 1. The fourth-order valence-electron chi connectivity index (χ4n) is 2.50. The third-order valence-corrected chi connectivity index (χ3v) is 3.95. The van der Waals surface area contributed by atoms with Gasteiger partial charge in [-0.2, -0.15) is 0 Å². The molecule has 0 unspecified atom stereocenters. The van der Waals surface area contributed by atoms with Gasteiger partial charge in [0.15, 0.2) is 0 Å². The number of halogens is 1. The molecule has 134 valence electrons. The molecule has 0 aliphatic carbocycles. The summed E-state index contributed by atoms with van der Waals surface area (Å²) >= 11 is 6.01. The van der Waals surface area contributed by atoms with Crippen molar-refractivity contribution in [3.63, 3.8) is 0 Å². The Kier molecular flexibility index (Phi) is 6.28. The Balaban J connectivity index is 1.55. The second kappa shape index (κ2) is 9.06. The Bertz CT molecular complexity index is 839. The van der Waals surface area contributed by atoms with Gasteiger partial charge in [0.2, 0.25) is 0 Å². The van der Waals surface area contributed by atoms with Gasteiger partial charge >= 0.3 is 0 Å². The lowest BCUT2D eigenvalue weighted by Crippen LogP contribution is -2.07. The number of nitrogens with zero attached hydrogens (tertiary/aromatic N) is 2. The highest BCUT2D eigenvalue weighted by Gasteiger charge is 2.01. The van der Waals surface area contributed by atoms with Gasteiger partial charge in [0.1, 0.15) is 23.7 Å². The Hall–Kier alpha value is -2.79. The van der Waals surface area contributed by atoms with E-state index < -0.39 is 0 Å². The van der Waals surface area contributed by atoms with Gasteiger partial charge in [-0.15, -0.1) is 0 Å². The molecule has 1 heterocycles. The molecule has 0 amide bonds. The Morgan fingerprint density at radius 3 is 2.58 bits per heavy atom. The molecule has 0 fully saturated rings. The van der Waals surface area contributed by atoms with Crippen molar-refractivity contribution in [2.45, 2.75) is 13.3 Å². The molecule has 0 spiro atoms. The van der Waals surface area contributed by atoms with Crippen LogP contribution >= 0.6 is 11.6 Å². The molecule has 2 aromatic carbocycles. The number of rotatable bonds is 8. The average molecular weight is 369 g/mol. The molecule has 0 saturated heterocycles. The fourth-order valence-corrected chi connectivity index (χ4v) is 2.71. The number of hydrogen-bond donors (Lipinski definition) is 2. The molecule has 0 saturated carbocycles. The minimum absolute atomic E-state index is 0.656. The lowest BCUT2D eigenvalue weighted by molar-refractivity contribution is 0.340. The largest absolute Gasteiger partial charge is 0.494 e. The first-order valence-corrected chi connectivity index (χ1v) is 8.91. The van der Waals surface area contributed by atoms with Crippen LogP contribution in [0.5, 0.6) is 5.75 Å². The van der Waals surface area contributed by atoms with Gasteiger partial charge in [-0.3, -0.25) is 0 Å². The molecule has 3 rings (SSSR count). The minimum atomic E-state index is 0.656. The number of anilines is 3. The van der Waals surface area contributed by atoms with Crippen LogP contribution in [0.25, 0.3) is 0 Å². The lowest BCUT2D eigenvalue weighted by Gasteiger charge is -2.09. The normalized spacial score (nSPS) is 10.4. The summed E-state index contributed by atoms with van der Waals surface area (Å²) in [7, 11) is 0. The second-order valence-electron chi connectivity index (χ2n) is 5.68. The predicted molar refractivity (Wildman–Crippen MR) is 107 cm³/mol. The Morgan fingerprint density at radius 1 is 1.00 bits per heavy atom. The van der Waals surface area contributed by atoms with E-state index in [0.29, 0.717) is 6.61 Å². The monoisotopic (exact) mass is 368 g/mol. The molecule has 0 radical (unpaired) electrons. The summed E-state index contributed by atoms with van der Waals surface area (Å²) in [5, 5.41) is 7.33. The molecule has 0 aliphatic heterocycles. The van der Waals surface area contributed by atoms with Gasteiger partial charge in [-0.25, -0.2) is 9.97 Å². The molecule has 2 N–H and O–H groups in total. The van der Waals surface area contributed by atoms with Crippen LogP contribution in [0.3, 0.4) is 0 Å². The van der Waals surface area contributed by atoms with Gasteiger partial charge < -0.3 is 15.4 Å². The van der Waals surface area contributed by atoms with Crippen molar-refractivity contribution in [1.82, 2.24) is 9.97 Å². The van der Waals surface area contributed by atoms with Crippen molar-refractivity contribution >= 4 is 28.9 Å². The molecule has 1 aromatic heterocycles. The number of nitrogens with one attached hydrogen (secondary N) is 2. The molecule has 26 heavy (non-hydrogen) atoms. The molecule has 6 heteroatoms. The van der Waals surface area contributed by atoms with E-state index in [1.165, 1.54) is 5.56 Å². The quantitative estimate of drug-likeness (QED) is 0.590. The van der Waals surface area contributed by atoms with Gasteiger partial charge in [0.25, 0.3) is 0 Å². The minimum Gasteiger partial charge on any atom is -0.494 e. The third-order valence-electron chi connectivity index (χ3n) is 3.71. The van der Waals surface area contributed by atoms with Gasteiger partial charge in [0, 0.05) is 23.3 Å². The van der Waals surface area contributed by atoms with E-state index in [2.05, 4.69) is 26.7 Å². The predicted octanol–water partition coefficient (Wildman–Crippen LogP) is 4.93. The van der Waals surface area contributed by atoms with E-state index in [0.717, 1.165) is 41.1 Å². The van der Waals surface area contributed by atoms with E-state index in [1.807, 2.05) is 55.5 Å². The maximum absolute atomic E-state index is 6.01. The summed E-state index contributed by atoms with van der Waals surface area (Å²) < 4.78 is 5.45. The SMILES string of the molecule is CCOc1ccc(Nc2cc(NCCc3cccc(Cl)c3)ncn2)cc1. The fraction of sp³-hybridized carbons (Fsp3) is 0.200. The number of aromatic nitrogens is 2. The van der Waals surface area contributed by atoms with Crippen molar-refractivity contribution < 1.29 is 4.74 Å². The van der Waals surface area contributed by atoms with Crippen LogP contribution in [0.1, 0.15) is 12.5 Å². The Morgan fingerprint density at radius 2 is 1.81 bits per heavy atom. The topological polar surface area (TPSA) is 59.1 Å². The van der Waals surface area contributed by atoms with Crippen molar-refractivity contribution in [3.05, 3.63) is 71.5 Å². The second-order valence-corrected chi connectivity index (χ2v) is 6.11. The molecule has 3 aromatic rings. The lowest BCUT2D eigenvalue weighted by atomic mass is 10.1. The third kappa shape index (κ3) is 5.36. The maximum atomic E-state index is 6.01. The van der Waals surface area contributed by atoms with Crippen LogP contribution in [0.4, 0.5) is 17.3 Å². The highest BCUT2D eigenvalue weighted by Crippen LogP contribution is 2.20. The summed E-state index contributed by atoms with van der Waals surface area (Å²) in [6, 6.07) is 17.5. The summed E-state index contributed by atoms with van der Waals surface area (Å²) in [6.07, 6.45) is 2.41. The van der Waals surface area contributed by atoms with Gasteiger partial charge in [-0.05, 0) is 55.3 Å². The maximum Gasteiger partial charge on any atom is 0.135 e. The van der Waals surface area contributed by atoms with Crippen LogP contribution in [-0.4, -0.2) is 23.1 Å². The van der Waals surface area contributed by atoms with Crippen molar-refractivity contribution in [2.24, 2.45) is 0 Å². The van der Waals surface area contributed by atoms with E-state index >= 15 is 0 Å². The van der Waals surface area contributed by atoms with Crippen LogP contribution in [0.15, 0.2) is 60.9 Å². The molecule has 0 aliphatic rings.